The predicted octanol–water partition coefficient (Wildman–Crippen LogP) is 2.79. The Balaban J connectivity index is 1.66. The number of carbonyl (C=O) groups is 1. The molecule has 3 rings (SSSR count). The normalized spacial score (nSPS) is 27.7. The highest BCUT2D eigenvalue weighted by molar-refractivity contribution is 5.77. The molecule has 1 heterocycles. The molecule has 1 aliphatic heterocycles. The van der Waals surface area contributed by atoms with Crippen LogP contribution in [0.1, 0.15) is 24.8 Å². The van der Waals surface area contributed by atoms with E-state index >= 15 is 0 Å². The van der Waals surface area contributed by atoms with Crippen LogP contribution in [0.15, 0.2) is 12.1 Å². The molecule has 1 amide bonds. The highest BCUT2D eigenvalue weighted by atomic mass is 19.2. The van der Waals surface area contributed by atoms with Gasteiger partial charge in [0.2, 0.25) is 5.91 Å². The molecule has 3 atom stereocenters. The second-order valence-corrected chi connectivity index (χ2v) is 6.91. The first-order chi connectivity index (χ1) is 10.8. The van der Waals surface area contributed by atoms with Gasteiger partial charge in [-0.05, 0) is 49.4 Å². The van der Waals surface area contributed by atoms with E-state index in [0.29, 0.717) is 30.4 Å². The van der Waals surface area contributed by atoms with E-state index in [1.807, 2.05) is 14.1 Å². The van der Waals surface area contributed by atoms with Crippen molar-refractivity contribution in [3.8, 4) is 0 Å². The van der Waals surface area contributed by atoms with Crippen molar-refractivity contribution in [1.29, 1.82) is 0 Å². The van der Waals surface area contributed by atoms with Gasteiger partial charge in [-0.15, -0.1) is 0 Å². The predicted molar refractivity (Wildman–Crippen MR) is 80.0 cm³/mol. The highest BCUT2D eigenvalue weighted by Crippen LogP contribution is 2.40. The van der Waals surface area contributed by atoms with E-state index in [4.69, 9.17) is 0 Å². The SMILES string of the molecule is CN1C[C@@H]2C[C@H](N(C)Cc3cc(F)c(F)c(F)c3)C[C@@H]2CC1=O. The van der Waals surface area contributed by atoms with Gasteiger partial charge in [-0.1, -0.05) is 0 Å². The Morgan fingerprint density at radius 3 is 2.43 bits per heavy atom. The summed E-state index contributed by atoms with van der Waals surface area (Å²) in [5.41, 5.74) is 0.423. The summed E-state index contributed by atoms with van der Waals surface area (Å²) in [4.78, 5) is 15.6. The van der Waals surface area contributed by atoms with Gasteiger partial charge >= 0.3 is 0 Å². The molecule has 1 saturated carbocycles. The molecule has 2 aliphatic rings. The highest BCUT2D eigenvalue weighted by Gasteiger charge is 2.41. The van der Waals surface area contributed by atoms with E-state index in [9.17, 15) is 18.0 Å². The van der Waals surface area contributed by atoms with Crippen LogP contribution in [0.2, 0.25) is 0 Å². The number of hydrogen-bond donors (Lipinski definition) is 0. The van der Waals surface area contributed by atoms with Crippen molar-refractivity contribution in [3.63, 3.8) is 0 Å². The van der Waals surface area contributed by atoms with Crippen molar-refractivity contribution < 1.29 is 18.0 Å². The molecule has 126 valence electrons. The largest absolute Gasteiger partial charge is 0.345 e. The van der Waals surface area contributed by atoms with Crippen molar-refractivity contribution >= 4 is 5.91 Å². The van der Waals surface area contributed by atoms with Gasteiger partial charge in [0.15, 0.2) is 17.5 Å². The van der Waals surface area contributed by atoms with Gasteiger partial charge in [-0.3, -0.25) is 9.69 Å². The number of nitrogens with zero attached hydrogens (tertiary/aromatic N) is 2. The summed E-state index contributed by atoms with van der Waals surface area (Å²) in [6.07, 6.45) is 2.49. The standard InChI is InChI=1S/C17H21F3N2O/c1-21(8-10-3-14(18)17(20)15(19)4-10)13-5-11-7-16(23)22(2)9-12(11)6-13/h3-4,11-13H,5-9H2,1-2H3/t11-,12+,13-/m1/s1. The summed E-state index contributed by atoms with van der Waals surface area (Å²) in [6, 6.07) is 2.38. The lowest BCUT2D eigenvalue weighted by Crippen LogP contribution is -2.39. The van der Waals surface area contributed by atoms with Crippen LogP contribution in [-0.2, 0) is 11.3 Å². The number of hydrogen-bond acceptors (Lipinski definition) is 2. The number of amides is 1. The summed E-state index contributed by atoms with van der Waals surface area (Å²) >= 11 is 0. The number of piperidine rings is 1. The first kappa shape index (κ1) is 16.3. The van der Waals surface area contributed by atoms with E-state index in [1.165, 1.54) is 0 Å². The molecule has 0 spiro atoms. The van der Waals surface area contributed by atoms with Gasteiger partial charge < -0.3 is 4.90 Å². The van der Waals surface area contributed by atoms with Gasteiger partial charge in [-0.25, -0.2) is 13.2 Å². The Morgan fingerprint density at radius 1 is 1.17 bits per heavy atom. The molecule has 0 unspecified atom stereocenters. The Labute approximate surface area is 134 Å². The average Bonchev–Trinajstić information content (AvgIpc) is 2.88. The number of rotatable bonds is 3. The summed E-state index contributed by atoms with van der Waals surface area (Å²) < 4.78 is 39.7. The van der Waals surface area contributed by atoms with Gasteiger partial charge in [0, 0.05) is 32.6 Å². The van der Waals surface area contributed by atoms with Crippen molar-refractivity contribution in [1.82, 2.24) is 9.80 Å². The molecular formula is C17H21F3N2O. The molecule has 1 saturated heterocycles. The number of benzene rings is 1. The molecule has 0 bridgehead atoms. The average molecular weight is 326 g/mol. The lowest BCUT2D eigenvalue weighted by molar-refractivity contribution is -0.134. The molecule has 1 aromatic carbocycles. The molecule has 3 nitrogen and oxygen atoms in total. The maximum atomic E-state index is 13.3. The van der Waals surface area contributed by atoms with Crippen molar-refractivity contribution in [2.45, 2.75) is 31.8 Å². The Kier molecular flexibility index (Phi) is 4.36. The minimum absolute atomic E-state index is 0.192. The fraction of sp³-hybridized carbons (Fsp3) is 0.588. The Hall–Kier alpha value is -1.56. The van der Waals surface area contributed by atoms with Crippen LogP contribution in [0, 0.1) is 29.3 Å². The molecule has 0 N–H and O–H groups in total. The summed E-state index contributed by atoms with van der Waals surface area (Å²) in [5.74, 6) is -2.65. The zero-order chi connectivity index (χ0) is 16.7. The number of likely N-dealkylation sites (tertiary alicyclic amines) is 1. The van der Waals surface area contributed by atoms with Crippen LogP contribution in [0.3, 0.4) is 0 Å². The van der Waals surface area contributed by atoms with Crippen LogP contribution in [0.25, 0.3) is 0 Å². The van der Waals surface area contributed by atoms with Crippen LogP contribution >= 0.6 is 0 Å². The van der Waals surface area contributed by atoms with E-state index in [1.54, 1.807) is 4.90 Å². The summed E-state index contributed by atoms with van der Waals surface area (Å²) in [5, 5.41) is 0. The van der Waals surface area contributed by atoms with Crippen molar-refractivity contribution in [3.05, 3.63) is 35.1 Å². The fourth-order valence-corrected chi connectivity index (χ4v) is 3.96. The lowest BCUT2D eigenvalue weighted by Gasteiger charge is -2.31. The number of halogens is 3. The first-order valence-corrected chi connectivity index (χ1v) is 7.92. The molecule has 0 radical (unpaired) electrons. The number of carbonyl (C=O) groups excluding carboxylic acids is 1. The zero-order valence-corrected chi connectivity index (χ0v) is 13.4. The molecule has 6 heteroatoms. The third kappa shape index (κ3) is 3.22. The van der Waals surface area contributed by atoms with E-state index in [0.717, 1.165) is 31.5 Å². The molecule has 0 aromatic heterocycles. The Bertz CT molecular complexity index is 599. The smallest absolute Gasteiger partial charge is 0.222 e. The second kappa shape index (κ2) is 6.15. The number of fused-ring (bicyclic) bond motifs is 1. The van der Waals surface area contributed by atoms with E-state index < -0.39 is 17.5 Å². The van der Waals surface area contributed by atoms with Crippen molar-refractivity contribution in [2.75, 3.05) is 20.6 Å². The van der Waals surface area contributed by atoms with E-state index in [2.05, 4.69) is 4.90 Å². The van der Waals surface area contributed by atoms with Crippen LogP contribution in [0.4, 0.5) is 13.2 Å². The molecule has 1 aliphatic carbocycles. The summed E-state index contributed by atoms with van der Waals surface area (Å²) in [6.45, 7) is 1.15. The first-order valence-electron chi connectivity index (χ1n) is 7.92. The zero-order valence-electron chi connectivity index (χ0n) is 13.4. The molecule has 2 fully saturated rings. The lowest BCUT2D eigenvalue weighted by atomic mass is 9.88. The monoisotopic (exact) mass is 326 g/mol. The maximum absolute atomic E-state index is 13.3. The third-order valence-electron chi connectivity index (χ3n) is 5.29. The van der Waals surface area contributed by atoms with Gasteiger partial charge in [0.1, 0.15) is 0 Å². The minimum Gasteiger partial charge on any atom is -0.345 e. The van der Waals surface area contributed by atoms with Crippen LogP contribution in [0.5, 0.6) is 0 Å². The third-order valence-corrected chi connectivity index (χ3v) is 5.29. The molecule has 1 aromatic rings. The maximum Gasteiger partial charge on any atom is 0.222 e. The topological polar surface area (TPSA) is 23.6 Å². The van der Waals surface area contributed by atoms with Crippen molar-refractivity contribution in [2.24, 2.45) is 11.8 Å². The van der Waals surface area contributed by atoms with Crippen LogP contribution in [-0.4, -0.2) is 42.4 Å². The van der Waals surface area contributed by atoms with E-state index in [-0.39, 0.29) is 11.9 Å². The second-order valence-electron chi connectivity index (χ2n) is 6.91. The molecular weight excluding hydrogens is 305 g/mol. The fourth-order valence-electron chi connectivity index (χ4n) is 3.96. The summed E-state index contributed by atoms with van der Waals surface area (Å²) in [7, 11) is 3.74. The van der Waals surface area contributed by atoms with Crippen LogP contribution < -0.4 is 0 Å². The quantitative estimate of drug-likeness (QED) is 0.798. The van der Waals surface area contributed by atoms with Gasteiger partial charge in [-0.2, -0.15) is 0 Å². The Morgan fingerprint density at radius 2 is 1.78 bits per heavy atom. The minimum atomic E-state index is -1.43. The molecule has 23 heavy (non-hydrogen) atoms. The van der Waals surface area contributed by atoms with Gasteiger partial charge in [0.25, 0.3) is 0 Å². The van der Waals surface area contributed by atoms with Gasteiger partial charge in [0.05, 0.1) is 0 Å².